The molecule has 30 heavy (non-hydrogen) atoms. The fourth-order valence-corrected chi connectivity index (χ4v) is 4.71. The van der Waals surface area contributed by atoms with E-state index in [0.717, 1.165) is 40.9 Å². The molecule has 3 aromatic rings. The molecule has 2 aliphatic heterocycles. The van der Waals surface area contributed by atoms with Gasteiger partial charge in [0.05, 0.1) is 13.0 Å². The fourth-order valence-electron chi connectivity index (χ4n) is 4.71. The van der Waals surface area contributed by atoms with Crippen LogP contribution in [-0.2, 0) is 22.6 Å². The Bertz CT molecular complexity index is 1130. The minimum Gasteiger partial charge on any atom is -0.497 e. The number of aromatic amines is 1. The highest BCUT2D eigenvalue weighted by Gasteiger charge is 2.30. The van der Waals surface area contributed by atoms with Crippen molar-refractivity contribution in [1.82, 2.24) is 9.88 Å². The standard InChI is InChI=1S/C24H25N3O3/c1-30-15-9-10-21-18(13-15)19-14-27(12-11-22(19)25-21)23(28)8-4-6-17-16-5-2-3-7-20(16)26-24(17)29/h2-3,5,7,9-10,13,17,25H,4,6,8,11-12,14H2,1H3,(H,26,29)/t17-/m0/s1. The summed E-state index contributed by atoms with van der Waals surface area (Å²) in [6.07, 6.45) is 2.69. The first-order chi connectivity index (χ1) is 14.6. The van der Waals surface area contributed by atoms with E-state index in [4.69, 9.17) is 4.74 Å². The summed E-state index contributed by atoms with van der Waals surface area (Å²) in [6.45, 7) is 1.34. The lowest BCUT2D eigenvalue weighted by atomic mass is 9.94. The van der Waals surface area contributed by atoms with Crippen LogP contribution in [0, 0.1) is 0 Å². The summed E-state index contributed by atoms with van der Waals surface area (Å²) in [5.41, 5.74) is 5.43. The first-order valence-electron chi connectivity index (χ1n) is 10.5. The summed E-state index contributed by atoms with van der Waals surface area (Å²) in [4.78, 5) is 30.6. The van der Waals surface area contributed by atoms with Crippen molar-refractivity contribution in [2.45, 2.75) is 38.1 Å². The summed E-state index contributed by atoms with van der Waals surface area (Å²) in [6, 6.07) is 13.8. The predicted octanol–water partition coefficient (Wildman–Crippen LogP) is 3.97. The van der Waals surface area contributed by atoms with Crippen molar-refractivity contribution in [3.8, 4) is 5.75 Å². The highest BCUT2D eigenvalue weighted by atomic mass is 16.5. The number of hydrogen-bond donors (Lipinski definition) is 2. The Kier molecular flexibility index (Phi) is 4.69. The van der Waals surface area contributed by atoms with Crippen LogP contribution >= 0.6 is 0 Å². The van der Waals surface area contributed by atoms with Crippen LogP contribution in [0.15, 0.2) is 42.5 Å². The van der Waals surface area contributed by atoms with E-state index < -0.39 is 0 Å². The maximum absolute atomic E-state index is 12.9. The van der Waals surface area contributed by atoms with E-state index in [1.165, 1.54) is 11.3 Å². The largest absolute Gasteiger partial charge is 0.497 e. The van der Waals surface area contributed by atoms with Crippen LogP contribution in [0.5, 0.6) is 5.75 Å². The number of nitrogens with one attached hydrogen (secondary N) is 2. The number of carbonyl (C=O) groups is 2. The molecule has 2 aliphatic rings. The molecule has 0 saturated heterocycles. The number of methoxy groups -OCH3 is 1. The lowest BCUT2D eigenvalue weighted by molar-refractivity contribution is -0.132. The summed E-state index contributed by atoms with van der Waals surface area (Å²) >= 11 is 0. The van der Waals surface area contributed by atoms with Gasteiger partial charge in [-0.1, -0.05) is 18.2 Å². The maximum Gasteiger partial charge on any atom is 0.232 e. The topological polar surface area (TPSA) is 74.4 Å². The van der Waals surface area contributed by atoms with Crippen LogP contribution < -0.4 is 10.1 Å². The van der Waals surface area contributed by atoms with Gasteiger partial charge < -0.3 is 19.9 Å². The van der Waals surface area contributed by atoms with Crippen LogP contribution in [0.4, 0.5) is 5.69 Å². The van der Waals surface area contributed by atoms with Crippen molar-refractivity contribution >= 4 is 28.4 Å². The van der Waals surface area contributed by atoms with E-state index in [-0.39, 0.29) is 17.7 Å². The molecule has 2 aromatic carbocycles. The number of para-hydroxylation sites is 1. The number of aromatic nitrogens is 1. The van der Waals surface area contributed by atoms with Crippen molar-refractivity contribution in [3.63, 3.8) is 0 Å². The maximum atomic E-state index is 12.9. The minimum atomic E-state index is -0.150. The van der Waals surface area contributed by atoms with Gasteiger partial charge in [0.1, 0.15) is 5.75 Å². The monoisotopic (exact) mass is 403 g/mol. The molecule has 0 radical (unpaired) electrons. The molecule has 0 bridgehead atoms. The second-order valence-corrected chi connectivity index (χ2v) is 8.08. The van der Waals surface area contributed by atoms with E-state index in [2.05, 4.69) is 10.3 Å². The Hall–Kier alpha value is -3.28. The van der Waals surface area contributed by atoms with Gasteiger partial charge in [-0.05, 0) is 42.7 Å². The Balaban J connectivity index is 1.23. The molecule has 2 amide bonds. The molecule has 5 rings (SSSR count). The summed E-state index contributed by atoms with van der Waals surface area (Å²) in [5, 5.41) is 4.06. The second kappa shape index (κ2) is 7.52. The fraction of sp³-hybridized carbons (Fsp3) is 0.333. The van der Waals surface area contributed by atoms with E-state index in [1.807, 2.05) is 47.4 Å². The van der Waals surface area contributed by atoms with E-state index >= 15 is 0 Å². The van der Waals surface area contributed by atoms with Gasteiger partial charge in [0.25, 0.3) is 0 Å². The summed E-state index contributed by atoms with van der Waals surface area (Å²) < 4.78 is 5.37. The molecule has 0 saturated carbocycles. The van der Waals surface area contributed by atoms with Gasteiger partial charge >= 0.3 is 0 Å². The van der Waals surface area contributed by atoms with Gasteiger partial charge in [0, 0.05) is 53.8 Å². The van der Waals surface area contributed by atoms with Crippen LogP contribution in [0.25, 0.3) is 10.9 Å². The minimum absolute atomic E-state index is 0.0407. The summed E-state index contributed by atoms with van der Waals surface area (Å²) in [5.74, 6) is 0.870. The smallest absolute Gasteiger partial charge is 0.232 e. The lowest BCUT2D eigenvalue weighted by Crippen LogP contribution is -2.35. The third-order valence-corrected chi connectivity index (χ3v) is 6.33. The number of anilines is 1. The molecule has 0 unspecified atom stereocenters. The lowest BCUT2D eigenvalue weighted by Gasteiger charge is -2.27. The molecule has 0 spiro atoms. The number of benzene rings is 2. The zero-order valence-corrected chi connectivity index (χ0v) is 17.0. The van der Waals surface area contributed by atoms with Crippen LogP contribution in [0.1, 0.15) is 42.0 Å². The second-order valence-electron chi connectivity index (χ2n) is 8.08. The SMILES string of the molecule is COc1ccc2[nH]c3c(c2c1)CN(C(=O)CCC[C@@H]1C(=O)Nc2ccccc21)CC3. The van der Waals surface area contributed by atoms with E-state index in [1.54, 1.807) is 7.11 Å². The van der Waals surface area contributed by atoms with Gasteiger partial charge in [-0.25, -0.2) is 0 Å². The normalized spacial score (nSPS) is 17.6. The Morgan fingerprint density at radius 1 is 1.23 bits per heavy atom. The zero-order valence-electron chi connectivity index (χ0n) is 17.0. The van der Waals surface area contributed by atoms with Crippen molar-refractivity contribution in [2.75, 3.05) is 19.0 Å². The molecule has 2 N–H and O–H groups in total. The number of carbonyl (C=O) groups excluding carboxylic acids is 2. The van der Waals surface area contributed by atoms with Gasteiger partial charge in [-0.3, -0.25) is 9.59 Å². The predicted molar refractivity (Wildman–Crippen MR) is 116 cm³/mol. The molecule has 1 aromatic heterocycles. The zero-order chi connectivity index (χ0) is 20.7. The first-order valence-corrected chi connectivity index (χ1v) is 10.5. The average Bonchev–Trinajstić information content (AvgIpc) is 3.29. The molecule has 1 atom stereocenters. The number of H-pyrrole nitrogens is 1. The van der Waals surface area contributed by atoms with Crippen molar-refractivity contribution in [2.24, 2.45) is 0 Å². The molecule has 154 valence electrons. The quantitative estimate of drug-likeness (QED) is 0.677. The van der Waals surface area contributed by atoms with Gasteiger partial charge in [-0.2, -0.15) is 0 Å². The van der Waals surface area contributed by atoms with E-state index in [0.29, 0.717) is 25.8 Å². The molecule has 0 fully saturated rings. The van der Waals surface area contributed by atoms with Crippen molar-refractivity contribution in [1.29, 1.82) is 0 Å². The van der Waals surface area contributed by atoms with E-state index in [9.17, 15) is 9.59 Å². The number of nitrogens with zero attached hydrogens (tertiary/aromatic N) is 1. The number of ether oxygens (including phenoxy) is 1. The highest BCUT2D eigenvalue weighted by molar-refractivity contribution is 6.02. The Morgan fingerprint density at radius 2 is 2.10 bits per heavy atom. The van der Waals surface area contributed by atoms with Crippen LogP contribution in [0.2, 0.25) is 0 Å². The highest BCUT2D eigenvalue weighted by Crippen LogP contribution is 2.35. The van der Waals surface area contributed by atoms with Crippen LogP contribution in [0.3, 0.4) is 0 Å². The summed E-state index contributed by atoms with van der Waals surface area (Å²) in [7, 11) is 1.67. The molecule has 6 heteroatoms. The first kappa shape index (κ1) is 18.7. The van der Waals surface area contributed by atoms with Crippen LogP contribution in [-0.4, -0.2) is 35.4 Å². The molecule has 0 aliphatic carbocycles. The molecule has 3 heterocycles. The Labute approximate surface area is 175 Å². The molecule has 6 nitrogen and oxygen atoms in total. The van der Waals surface area contributed by atoms with Gasteiger partial charge in [0.15, 0.2) is 0 Å². The number of rotatable bonds is 5. The van der Waals surface area contributed by atoms with Crippen molar-refractivity contribution < 1.29 is 14.3 Å². The van der Waals surface area contributed by atoms with Gasteiger partial charge in [0.2, 0.25) is 11.8 Å². The molecular weight excluding hydrogens is 378 g/mol. The number of fused-ring (bicyclic) bond motifs is 4. The Morgan fingerprint density at radius 3 is 2.97 bits per heavy atom. The number of hydrogen-bond acceptors (Lipinski definition) is 3. The van der Waals surface area contributed by atoms with Gasteiger partial charge in [-0.15, -0.1) is 0 Å². The average molecular weight is 403 g/mol. The number of amides is 2. The third-order valence-electron chi connectivity index (χ3n) is 6.33. The molecular formula is C24H25N3O3. The van der Waals surface area contributed by atoms with Crippen molar-refractivity contribution in [3.05, 3.63) is 59.3 Å². The third kappa shape index (κ3) is 3.22.